The van der Waals surface area contributed by atoms with E-state index in [0.29, 0.717) is 23.1 Å². The molecule has 2 heterocycles. The monoisotopic (exact) mass is 358 g/mol. The van der Waals surface area contributed by atoms with Gasteiger partial charge in [-0.3, -0.25) is 14.4 Å². The van der Waals surface area contributed by atoms with E-state index < -0.39 is 11.1 Å². The third kappa shape index (κ3) is 3.69. The van der Waals surface area contributed by atoms with Crippen LogP contribution in [-0.4, -0.2) is 20.9 Å². The summed E-state index contributed by atoms with van der Waals surface area (Å²) in [4.78, 5) is 45.6. The zero-order valence-corrected chi connectivity index (χ0v) is 14.8. The molecule has 0 fully saturated rings. The van der Waals surface area contributed by atoms with Gasteiger partial charge < -0.3 is 15.3 Å². The molecule has 1 aromatic carbocycles. The number of carbonyl (C=O) groups excluding carboxylic acids is 1. The number of rotatable bonds is 5. The number of nitrogens with zero attached hydrogens (tertiary/aromatic N) is 1. The minimum atomic E-state index is -0.742. The van der Waals surface area contributed by atoms with E-state index in [4.69, 9.17) is 0 Å². The Morgan fingerprint density at radius 3 is 2.64 bits per heavy atom. The van der Waals surface area contributed by atoms with Crippen LogP contribution in [0.2, 0.25) is 0 Å². The van der Waals surface area contributed by atoms with Crippen molar-refractivity contribution in [1.82, 2.24) is 20.3 Å². The second-order valence-electron chi connectivity index (χ2n) is 5.72. The average molecular weight is 358 g/mol. The Balaban J connectivity index is 1.77. The van der Waals surface area contributed by atoms with Gasteiger partial charge in [-0.2, -0.15) is 0 Å². The van der Waals surface area contributed by atoms with E-state index >= 15 is 0 Å². The Labute approximate surface area is 147 Å². The van der Waals surface area contributed by atoms with Gasteiger partial charge in [0.05, 0.1) is 28.3 Å². The SMILES string of the molecule is CCCc1nc(C)c(CNC(=O)c2ccc3[nH]c(=O)c(=O)[nH]c3c2)s1. The van der Waals surface area contributed by atoms with Gasteiger partial charge in [-0.1, -0.05) is 6.92 Å². The molecule has 1 amide bonds. The van der Waals surface area contributed by atoms with E-state index in [1.54, 1.807) is 29.5 Å². The summed E-state index contributed by atoms with van der Waals surface area (Å²) in [5.41, 5.74) is 0.780. The Kier molecular flexibility index (Phi) is 4.80. The van der Waals surface area contributed by atoms with Crippen LogP contribution in [0.3, 0.4) is 0 Å². The Hall–Kier alpha value is -2.74. The number of benzene rings is 1. The minimum Gasteiger partial charge on any atom is -0.347 e. The molecule has 3 rings (SSSR count). The summed E-state index contributed by atoms with van der Waals surface area (Å²) in [5, 5.41) is 3.95. The number of aromatic nitrogens is 3. The van der Waals surface area contributed by atoms with Crippen LogP contribution < -0.4 is 16.4 Å². The number of fused-ring (bicyclic) bond motifs is 1. The fourth-order valence-corrected chi connectivity index (χ4v) is 3.60. The Morgan fingerprint density at radius 1 is 1.20 bits per heavy atom. The molecule has 3 N–H and O–H groups in total. The van der Waals surface area contributed by atoms with Gasteiger partial charge >= 0.3 is 11.1 Å². The summed E-state index contributed by atoms with van der Waals surface area (Å²) in [6.07, 6.45) is 1.98. The van der Waals surface area contributed by atoms with Gasteiger partial charge in [-0.05, 0) is 38.0 Å². The van der Waals surface area contributed by atoms with Gasteiger partial charge in [-0.25, -0.2) is 4.98 Å². The van der Waals surface area contributed by atoms with Crippen LogP contribution in [-0.2, 0) is 13.0 Å². The molecule has 2 aromatic heterocycles. The van der Waals surface area contributed by atoms with Crippen molar-refractivity contribution >= 4 is 28.3 Å². The number of aryl methyl sites for hydroxylation is 2. The van der Waals surface area contributed by atoms with Gasteiger partial charge in [0.25, 0.3) is 5.91 Å². The summed E-state index contributed by atoms with van der Waals surface area (Å²) in [6.45, 7) is 4.45. The number of hydrogen-bond acceptors (Lipinski definition) is 5. The second-order valence-corrected chi connectivity index (χ2v) is 6.89. The van der Waals surface area contributed by atoms with Gasteiger partial charge in [0.1, 0.15) is 0 Å². The molecule has 0 aliphatic heterocycles. The zero-order valence-electron chi connectivity index (χ0n) is 13.9. The highest BCUT2D eigenvalue weighted by Crippen LogP contribution is 2.19. The molecular formula is C17H18N4O3S. The quantitative estimate of drug-likeness (QED) is 0.605. The predicted octanol–water partition coefficient (Wildman–Crippen LogP) is 1.86. The fourth-order valence-electron chi connectivity index (χ4n) is 2.49. The van der Waals surface area contributed by atoms with E-state index in [1.165, 1.54) is 0 Å². The Bertz CT molecular complexity index is 1050. The molecule has 0 unspecified atom stereocenters. The summed E-state index contributed by atoms with van der Waals surface area (Å²) in [7, 11) is 0. The predicted molar refractivity (Wildman–Crippen MR) is 97.2 cm³/mol. The molecule has 0 atom stereocenters. The smallest absolute Gasteiger partial charge is 0.314 e. The molecule has 7 nitrogen and oxygen atoms in total. The van der Waals surface area contributed by atoms with E-state index in [1.807, 2.05) is 6.92 Å². The molecule has 0 saturated carbocycles. The number of thiazole rings is 1. The molecule has 0 saturated heterocycles. The molecule has 0 bridgehead atoms. The number of hydrogen-bond donors (Lipinski definition) is 3. The lowest BCUT2D eigenvalue weighted by Gasteiger charge is -2.05. The van der Waals surface area contributed by atoms with Crippen LogP contribution in [0.5, 0.6) is 0 Å². The number of H-pyrrole nitrogens is 2. The van der Waals surface area contributed by atoms with Crippen LogP contribution in [0.1, 0.15) is 39.3 Å². The van der Waals surface area contributed by atoms with E-state index in [-0.39, 0.29) is 5.91 Å². The van der Waals surface area contributed by atoms with Crippen molar-refractivity contribution in [2.24, 2.45) is 0 Å². The first-order valence-corrected chi connectivity index (χ1v) is 8.79. The lowest BCUT2D eigenvalue weighted by atomic mass is 10.2. The van der Waals surface area contributed by atoms with Crippen molar-refractivity contribution < 1.29 is 4.79 Å². The number of nitrogens with one attached hydrogen (secondary N) is 3. The first-order valence-electron chi connectivity index (χ1n) is 7.97. The van der Waals surface area contributed by atoms with Crippen LogP contribution in [0, 0.1) is 6.92 Å². The van der Waals surface area contributed by atoms with E-state index in [0.717, 1.165) is 28.4 Å². The van der Waals surface area contributed by atoms with E-state index in [9.17, 15) is 14.4 Å². The molecule has 8 heteroatoms. The maximum Gasteiger partial charge on any atom is 0.314 e. The van der Waals surface area contributed by atoms with Crippen LogP contribution in [0.15, 0.2) is 27.8 Å². The third-order valence-electron chi connectivity index (χ3n) is 3.79. The molecule has 0 radical (unpaired) electrons. The summed E-state index contributed by atoms with van der Waals surface area (Å²) in [5.74, 6) is -0.251. The number of aromatic amines is 2. The summed E-state index contributed by atoms with van der Waals surface area (Å²) in [6, 6.07) is 4.75. The molecule has 0 aliphatic rings. The normalized spacial score (nSPS) is 11.0. The highest BCUT2D eigenvalue weighted by molar-refractivity contribution is 7.11. The van der Waals surface area contributed by atoms with Crippen LogP contribution in [0.25, 0.3) is 11.0 Å². The fraction of sp³-hybridized carbons (Fsp3) is 0.294. The largest absolute Gasteiger partial charge is 0.347 e. The lowest BCUT2D eigenvalue weighted by molar-refractivity contribution is 0.0951. The van der Waals surface area contributed by atoms with Crippen LogP contribution >= 0.6 is 11.3 Å². The molecule has 0 aliphatic carbocycles. The minimum absolute atomic E-state index is 0.251. The van der Waals surface area contributed by atoms with Crippen molar-refractivity contribution in [3.05, 3.63) is 60.0 Å². The maximum absolute atomic E-state index is 12.4. The number of amides is 1. The van der Waals surface area contributed by atoms with Crippen molar-refractivity contribution in [3.8, 4) is 0 Å². The molecule has 3 aromatic rings. The van der Waals surface area contributed by atoms with Gasteiger partial charge in [0, 0.05) is 10.4 Å². The molecule has 25 heavy (non-hydrogen) atoms. The third-order valence-corrected chi connectivity index (χ3v) is 5.01. The second kappa shape index (κ2) is 7.02. The standard InChI is InChI=1S/C17H18N4O3S/c1-3-4-14-19-9(2)13(25-14)8-18-15(22)10-5-6-11-12(7-10)21-17(24)16(23)20-11/h5-7H,3-4,8H2,1-2H3,(H,18,22)(H,20,23)(H,21,24). The molecular weight excluding hydrogens is 340 g/mol. The van der Waals surface area contributed by atoms with Gasteiger partial charge in [0.15, 0.2) is 0 Å². The van der Waals surface area contributed by atoms with Crippen molar-refractivity contribution in [3.63, 3.8) is 0 Å². The van der Waals surface area contributed by atoms with Crippen molar-refractivity contribution in [1.29, 1.82) is 0 Å². The summed E-state index contributed by atoms with van der Waals surface area (Å²) >= 11 is 1.61. The zero-order chi connectivity index (χ0) is 18.0. The molecule has 130 valence electrons. The van der Waals surface area contributed by atoms with Gasteiger partial charge in [0.2, 0.25) is 0 Å². The first kappa shape index (κ1) is 17.1. The molecule has 0 spiro atoms. The maximum atomic E-state index is 12.4. The van der Waals surface area contributed by atoms with E-state index in [2.05, 4.69) is 27.2 Å². The van der Waals surface area contributed by atoms with Crippen LogP contribution in [0.4, 0.5) is 0 Å². The average Bonchev–Trinajstić information content (AvgIpc) is 2.93. The first-order chi connectivity index (χ1) is 12.0. The lowest BCUT2D eigenvalue weighted by Crippen LogP contribution is -2.29. The highest BCUT2D eigenvalue weighted by atomic mass is 32.1. The van der Waals surface area contributed by atoms with Gasteiger partial charge in [-0.15, -0.1) is 11.3 Å². The van der Waals surface area contributed by atoms with Crippen molar-refractivity contribution in [2.75, 3.05) is 0 Å². The topological polar surface area (TPSA) is 108 Å². The Morgan fingerprint density at radius 2 is 1.92 bits per heavy atom. The highest BCUT2D eigenvalue weighted by Gasteiger charge is 2.11. The number of carbonyl (C=O) groups is 1. The van der Waals surface area contributed by atoms with Crippen molar-refractivity contribution in [2.45, 2.75) is 33.2 Å². The summed E-state index contributed by atoms with van der Waals surface area (Å²) < 4.78 is 0.